The quantitative estimate of drug-likeness (QED) is 0.766. The Bertz CT molecular complexity index is 942. The van der Waals surface area contributed by atoms with Crippen molar-refractivity contribution in [3.05, 3.63) is 77.7 Å². The molecule has 0 spiro atoms. The molecule has 134 valence electrons. The van der Waals surface area contributed by atoms with E-state index < -0.39 is 6.10 Å². The van der Waals surface area contributed by atoms with Crippen LogP contribution < -0.4 is 0 Å². The monoisotopic (exact) mass is 350 g/mol. The zero-order valence-electron chi connectivity index (χ0n) is 14.9. The highest BCUT2D eigenvalue weighted by atomic mass is 19.1. The number of hydrogen-bond acceptors (Lipinski definition) is 2. The van der Waals surface area contributed by atoms with Crippen LogP contribution in [0.3, 0.4) is 0 Å². The molecule has 1 aromatic heterocycles. The SMILES string of the molecule is Cn1cc([C@@H](O)CN2CC=C(c3ccc(F)cc3)CC2)c2ccccc21. The van der Waals surface area contributed by atoms with Gasteiger partial charge in [-0.2, -0.15) is 0 Å². The lowest BCUT2D eigenvalue weighted by atomic mass is 9.99. The molecule has 3 aromatic rings. The van der Waals surface area contributed by atoms with E-state index in [1.807, 2.05) is 37.5 Å². The number of fused-ring (bicyclic) bond motifs is 1. The maximum atomic E-state index is 13.1. The topological polar surface area (TPSA) is 28.4 Å². The van der Waals surface area contributed by atoms with E-state index in [1.165, 1.54) is 17.7 Å². The molecule has 1 aliphatic heterocycles. The van der Waals surface area contributed by atoms with E-state index in [9.17, 15) is 9.50 Å². The van der Waals surface area contributed by atoms with Crippen LogP contribution in [0.25, 0.3) is 16.5 Å². The molecule has 2 heterocycles. The molecule has 0 radical (unpaired) electrons. The summed E-state index contributed by atoms with van der Waals surface area (Å²) < 4.78 is 15.1. The number of hydrogen-bond donors (Lipinski definition) is 1. The molecule has 26 heavy (non-hydrogen) atoms. The predicted molar refractivity (Wildman–Crippen MR) is 103 cm³/mol. The van der Waals surface area contributed by atoms with Gasteiger partial charge in [-0.1, -0.05) is 36.4 Å². The minimum Gasteiger partial charge on any atom is -0.387 e. The summed E-state index contributed by atoms with van der Waals surface area (Å²) in [7, 11) is 2.01. The molecule has 1 atom stereocenters. The van der Waals surface area contributed by atoms with Crippen molar-refractivity contribution in [3.63, 3.8) is 0 Å². The van der Waals surface area contributed by atoms with E-state index in [0.29, 0.717) is 6.54 Å². The highest BCUT2D eigenvalue weighted by Crippen LogP contribution is 2.28. The Morgan fingerprint density at radius 1 is 1.12 bits per heavy atom. The van der Waals surface area contributed by atoms with Crippen molar-refractivity contribution in [3.8, 4) is 0 Å². The standard InChI is InChI=1S/C22H23FN2O/c1-24-14-20(19-4-2-3-5-21(19)24)22(26)15-25-12-10-17(11-13-25)16-6-8-18(23)9-7-16/h2-10,14,22,26H,11-13,15H2,1H3/t22-/m0/s1. The molecule has 1 N–H and O–H groups in total. The van der Waals surface area contributed by atoms with Crippen molar-refractivity contribution < 1.29 is 9.50 Å². The van der Waals surface area contributed by atoms with E-state index >= 15 is 0 Å². The third kappa shape index (κ3) is 3.30. The maximum Gasteiger partial charge on any atom is 0.123 e. The van der Waals surface area contributed by atoms with Crippen LogP contribution in [-0.4, -0.2) is 34.2 Å². The van der Waals surface area contributed by atoms with Gasteiger partial charge < -0.3 is 9.67 Å². The number of benzene rings is 2. The Kier molecular flexibility index (Phi) is 4.62. The van der Waals surface area contributed by atoms with E-state index in [2.05, 4.69) is 27.7 Å². The first-order valence-corrected chi connectivity index (χ1v) is 9.01. The van der Waals surface area contributed by atoms with Crippen LogP contribution in [0.5, 0.6) is 0 Å². The first-order valence-electron chi connectivity index (χ1n) is 9.01. The van der Waals surface area contributed by atoms with Gasteiger partial charge in [-0.05, 0) is 35.8 Å². The third-order valence-corrected chi connectivity index (χ3v) is 5.23. The van der Waals surface area contributed by atoms with Gasteiger partial charge in [0, 0.05) is 49.3 Å². The lowest BCUT2D eigenvalue weighted by Gasteiger charge is -2.28. The number of halogens is 1. The van der Waals surface area contributed by atoms with Crippen LogP contribution in [0.4, 0.5) is 4.39 Å². The van der Waals surface area contributed by atoms with Crippen molar-refractivity contribution in [2.75, 3.05) is 19.6 Å². The molecule has 0 bridgehead atoms. The molecule has 0 aliphatic carbocycles. The van der Waals surface area contributed by atoms with Crippen LogP contribution in [0.2, 0.25) is 0 Å². The van der Waals surface area contributed by atoms with Crippen molar-refractivity contribution in [1.82, 2.24) is 9.47 Å². The van der Waals surface area contributed by atoms with Gasteiger partial charge in [-0.15, -0.1) is 0 Å². The number of aliphatic hydroxyl groups is 1. The molecule has 0 saturated heterocycles. The summed E-state index contributed by atoms with van der Waals surface area (Å²) in [5, 5.41) is 11.9. The summed E-state index contributed by atoms with van der Waals surface area (Å²) in [5.41, 5.74) is 4.46. The van der Waals surface area contributed by atoms with Crippen LogP contribution in [-0.2, 0) is 7.05 Å². The summed E-state index contributed by atoms with van der Waals surface area (Å²) in [4.78, 5) is 2.26. The Morgan fingerprint density at radius 3 is 2.62 bits per heavy atom. The maximum absolute atomic E-state index is 13.1. The molecule has 2 aromatic carbocycles. The van der Waals surface area contributed by atoms with Gasteiger partial charge in [-0.25, -0.2) is 4.39 Å². The summed E-state index contributed by atoms with van der Waals surface area (Å²) in [6, 6.07) is 14.9. The normalized spacial score (nSPS) is 16.7. The molecule has 0 amide bonds. The van der Waals surface area contributed by atoms with Gasteiger partial charge in [0.1, 0.15) is 5.82 Å². The van der Waals surface area contributed by atoms with Crippen LogP contribution in [0.1, 0.15) is 23.7 Å². The highest BCUT2D eigenvalue weighted by Gasteiger charge is 2.20. The summed E-state index contributed by atoms with van der Waals surface area (Å²) in [6.07, 6.45) is 4.61. The lowest BCUT2D eigenvalue weighted by Crippen LogP contribution is -2.32. The fraction of sp³-hybridized carbons (Fsp3) is 0.273. The van der Waals surface area contributed by atoms with Crippen molar-refractivity contribution >= 4 is 16.5 Å². The molecule has 0 unspecified atom stereocenters. The Labute approximate surface area is 153 Å². The molecule has 0 fully saturated rings. The van der Waals surface area contributed by atoms with Crippen LogP contribution in [0.15, 0.2) is 60.8 Å². The average molecular weight is 350 g/mol. The summed E-state index contributed by atoms with van der Waals surface area (Å²) in [6.45, 7) is 2.31. The Morgan fingerprint density at radius 2 is 1.88 bits per heavy atom. The molecular formula is C22H23FN2O. The fourth-order valence-corrected chi connectivity index (χ4v) is 3.78. The molecule has 1 aliphatic rings. The van der Waals surface area contributed by atoms with Crippen molar-refractivity contribution in [2.24, 2.45) is 7.05 Å². The molecule has 3 nitrogen and oxygen atoms in total. The number of aromatic nitrogens is 1. The second-order valence-electron chi connectivity index (χ2n) is 6.97. The Hall–Kier alpha value is -2.43. The van der Waals surface area contributed by atoms with Gasteiger partial charge in [0.05, 0.1) is 6.10 Å². The van der Waals surface area contributed by atoms with Gasteiger partial charge in [-0.3, -0.25) is 4.90 Å². The number of β-amino-alcohol motifs (C(OH)–C–C–N with tert-alkyl or cyclic N) is 1. The summed E-state index contributed by atoms with van der Waals surface area (Å²) >= 11 is 0. The lowest BCUT2D eigenvalue weighted by molar-refractivity contribution is 0.120. The summed E-state index contributed by atoms with van der Waals surface area (Å²) in [5.74, 6) is -0.204. The number of para-hydroxylation sites is 1. The van der Waals surface area contributed by atoms with E-state index in [4.69, 9.17) is 0 Å². The van der Waals surface area contributed by atoms with E-state index in [-0.39, 0.29) is 5.82 Å². The number of rotatable bonds is 4. The van der Waals surface area contributed by atoms with Gasteiger partial charge in [0.2, 0.25) is 0 Å². The smallest absolute Gasteiger partial charge is 0.123 e. The first kappa shape index (κ1) is 17.0. The molecule has 4 rings (SSSR count). The number of aliphatic hydroxyl groups excluding tert-OH is 1. The number of aryl methyl sites for hydroxylation is 1. The van der Waals surface area contributed by atoms with Gasteiger partial charge in [0.25, 0.3) is 0 Å². The molecule has 4 heteroatoms. The van der Waals surface area contributed by atoms with Crippen molar-refractivity contribution in [1.29, 1.82) is 0 Å². The zero-order valence-corrected chi connectivity index (χ0v) is 14.9. The van der Waals surface area contributed by atoms with E-state index in [1.54, 1.807) is 0 Å². The van der Waals surface area contributed by atoms with Crippen LogP contribution >= 0.6 is 0 Å². The average Bonchev–Trinajstić information content (AvgIpc) is 3.00. The van der Waals surface area contributed by atoms with Gasteiger partial charge >= 0.3 is 0 Å². The second-order valence-corrected chi connectivity index (χ2v) is 6.97. The predicted octanol–water partition coefficient (Wildman–Crippen LogP) is 4.14. The van der Waals surface area contributed by atoms with Crippen LogP contribution in [0, 0.1) is 5.82 Å². The third-order valence-electron chi connectivity index (χ3n) is 5.23. The van der Waals surface area contributed by atoms with Crippen molar-refractivity contribution in [2.45, 2.75) is 12.5 Å². The molecular weight excluding hydrogens is 327 g/mol. The zero-order chi connectivity index (χ0) is 18.1. The highest BCUT2D eigenvalue weighted by molar-refractivity contribution is 5.84. The Balaban J connectivity index is 1.46. The number of nitrogens with zero attached hydrogens (tertiary/aromatic N) is 2. The minimum absolute atomic E-state index is 0.204. The first-order chi connectivity index (χ1) is 12.6. The largest absolute Gasteiger partial charge is 0.387 e. The van der Waals surface area contributed by atoms with Gasteiger partial charge in [0.15, 0.2) is 0 Å². The minimum atomic E-state index is -0.512. The fourth-order valence-electron chi connectivity index (χ4n) is 3.78. The van der Waals surface area contributed by atoms with E-state index in [0.717, 1.165) is 41.5 Å². The molecule has 0 saturated carbocycles. The second kappa shape index (κ2) is 7.06.